The molecule has 1 aromatic carbocycles. The highest BCUT2D eigenvalue weighted by molar-refractivity contribution is 9.10. The lowest BCUT2D eigenvalue weighted by Gasteiger charge is -2.31. The highest BCUT2D eigenvalue weighted by Gasteiger charge is 2.36. The minimum Gasteiger partial charge on any atom is -0.366 e. The van der Waals surface area contributed by atoms with Crippen LogP contribution in [-0.2, 0) is 27.2 Å². The Kier molecular flexibility index (Phi) is 8.37. The number of urea groups is 1. The molecule has 0 fully saturated rings. The summed E-state index contributed by atoms with van der Waals surface area (Å²) in [6.07, 6.45) is 6.33. The minimum atomic E-state index is -4.08. The van der Waals surface area contributed by atoms with Crippen LogP contribution >= 0.6 is 15.9 Å². The number of halogens is 1. The van der Waals surface area contributed by atoms with Gasteiger partial charge in [0.2, 0.25) is 15.9 Å². The SMILES string of the molecule is NC(=O)c1cn(CS(=O)(=O)N2CC=CC[C@H]2C(=O)Nc2cccc(Br)n2)c2ccc(NC(=O)NCc3ccon3)cc12. The molecule has 14 nitrogen and oxygen atoms in total. The average molecular weight is 658 g/mol. The van der Waals surface area contributed by atoms with Crippen molar-refractivity contribution in [1.82, 2.24) is 24.3 Å². The summed E-state index contributed by atoms with van der Waals surface area (Å²) in [5.74, 6) is -1.58. The van der Waals surface area contributed by atoms with Crippen LogP contribution in [0.2, 0.25) is 0 Å². The van der Waals surface area contributed by atoms with E-state index in [2.05, 4.69) is 42.0 Å². The number of primary amides is 1. The first-order valence-electron chi connectivity index (χ1n) is 12.6. The van der Waals surface area contributed by atoms with Crippen LogP contribution in [0.5, 0.6) is 0 Å². The molecule has 1 aliphatic rings. The summed E-state index contributed by atoms with van der Waals surface area (Å²) in [5, 5.41) is 12.0. The van der Waals surface area contributed by atoms with Gasteiger partial charge in [0.05, 0.1) is 12.1 Å². The lowest BCUT2D eigenvalue weighted by Crippen LogP contribution is -2.49. The normalized spacial score (nSPS) is 15.4. The van der Waals surface area contributed by atoms with E-state index in [9.17, 15) is 22.8 Å². The van der Waals surface area contributed by atoms with Crippen molar-refractivity contribution in [3.05, 3.63) is 82.9 Å². The lowest BCUT2D eigenvalue weighted by molar-refractivity contribution is -0.119. The molecule has 1 atom stereocenters. The van der Waals surface area contributed by atoms with Crippen molar-refractivity contribution in [3.8, 4) is 0 Å². The number of carbonyl (C=O) groups is 3. The fourth-order valence-electron chi connectivity index (χ4n) is 4.48. The predicted octanol–water partition coefficient (Wildman–Crippen LogP) is 2.76. The number of nitrogens with zero attached hydrogens (tertiary/aromatic N) is 4. The molecule has 0 aliphatic carbocycles. The van der Waals surface area contributed by atoms with Gasteiger partial charge in [-0.3, -0.25) is 9.59 Å². The van der Waals surface area contributed by atoms with Crippen LogP contribution in [0.4, 0.5) is 16.3 Å². The Hall–Kier alpha value is -4.54. The Morgan fingerprint density at radius 2 is 1.95 bits per heavy atom. The number of hydrogen-bond donors (Lipinski definition) is 4. The van der Waals surface area contributed by atoms with Crippen molar-refractivity contribution in [3.63, 3.8) is 0 Å². The van der Waals surface area contributed by atoms with E-state index in [1.165, 1.54) is 23.1 Å². The van der Waals surface area contributed by atoms with Crippen molar-refractivity contribution in [2.24, 2.45) is 5.73 Å². The van der Waals surface area contributed by atoms with Gasteiger partial charge in [0.15, 0.2) is 0 Å². The number of sulfonamides is 1. The van der Waals surface area contributed by atoms with Gasteiger partial charge in [-0.25, -0.2) is 18.2 Å². The van der Waals surface area contributed by atoms with E-state index < -0.39 is 39.8 Å². The number of pyridine rings is 1. The number of benzene rings is 1. The second-order valence-corrected chi connectivity index (χ2v) is 12.0. The average Bonchev–Trinajstić information content (AvgIpc) is 3.60. The van der Waals surface area contributed by atoms with Crippen LogP contribution in [0.25, 0.3) is 10.9 Å². The Labute approximate surface area is 248 Å². The third kappa shape index (κ3) is 6.50. The summed E-state index contributed by atoms with van der Waals surface area (Å²) in [7, 11) is -4.08. The first-order valence-corrected chi connectivity index (χ1v) is 15.0. The molecule has 0 unspecified atom stereocenters. The number of amides is 4. The highest BCUT2D eigenvalue weighted by atomic mass is 79.9. The number of anilines is 2. The van der Waals surface area contributed by atoms with Gasteiger partial charge >= 0.3 is 6.03 Å². The zero-order valence-corrected chi connectivity index (χ0v) is 24.3. The van der Waals surface area contributed by atoms with Gasteiger partial charge in [-0.05, 0) is 52.7 Å². The zero-order valence-electron chi connectivity index (χ0n) is 21.9. The third-order valence-electron chi connectivity index (χ3n) is 6.41. The maximum absolute atomic E-state index is 13.7. The molecule has 5 N–H and O–H groups in total. The van der Waals surface area contributed by atoms with Crippen molar-refractivity contribution in [2.75, 3.05) is 17.2 Å². The quantitative estimate of drug-likeness (QED) is 0.156. The number of fused-ring (bicyclic) bond motifs is 1. The number of nitrogens with two attached hydrogens (primary N) is 1. The standard InChI is InChI=1S/C26H25BrN8O6S/c27-22-5-3-6-23(31-22)32-25(37)21-4-1-2-10-35(21)42(39,40)15-34-14-19(24(28)36)18-12-16(7-8-20(18)34)30-26(38)29-13-17-9-11-41-33-17/h1-3,5-9,11-12,14,21H,4,10,13,15H2,(H2,28,36)(H2,29,30,38)(H,31,32,37)/t21-/m0/s1. The van der Waals surface area contributed by atoms with E-state index in [0.717, 1.165) is 4.31 Å². The first-order chi connectivity index (χ1) is 20.1. The second-order valence-electron chi connectivity index (χ2n) is 9.28. The number of nitrogens with one attached hydrogen (secondary N) is 3. The predicted molar refractivity (Wildman–Crippen MR) is 157 cm³/mol. The molecule has 0 bridgehead atoms. The van der Waals surface area contributed by atoms with Crippen LogP contribution in [0.3, 0.4) is 0 Å². The Bertz CT molecular complexity index is 1790. The molecular formula is C26H25BrN8O6S. The van der Waals surface area contributed by atoms with Gasteiger partial charge in [-0.1, -0.05) is 23.4 Å². The van der Waals surface area contributed by atoms with Gasteiger partial charge in [-0.2, -0.15) is 4.31 Å². The molecule has 218 valence electrons. The van der Waals surface area contributed by atoms with E-state index >= 15 is 0 Å². The topological polar surface area (TPSA) is 195 Å². The van der Waals surface area contributed by atoms with E-state index in [1.54, 1.807) is 48.6 Å². The third-order valence-corrected chi connectivity index (χ3v) is 8.58. The van der Waals surface area contributed by atoms with Gasteiger partial charge in [-0.15, -0.1) is 0 Å². The second kappa shape index (κ2) is 12.1. The minimum absolute atomic E-state index is 0.00821. The summed E-state index contributed by atoms with van der Waals surface area (Å²) in [6.45, 7) is 0.126. The molecule has 3 aromatic heterocycles. The van der Waals surface area contributed by atoms with Crippen LogP contribution in [0, 0.1) is 0 Å². The van der Waals surface area contributed by atoms with Crippen LogP contribution in [0.1, 0.15) is 22.5 Å². The van der Waals surface area contributed by atoms with Crippen molar-refractivity contribution in [1.29, 1.82) is 0 Å². The molecule has 4 amide bonds. The molecule has 0 radical (unpaired) electrons. The van der Waals surface area contributed by atoms with Gasteiger partial charge in [0.1, 0.15) is 34.3 Å². The maximum Gasteiger partial charge on any atom is 0.319 e. The van der Waals surface area contributed by atoms with Crippen molar-refractivity contribution < 1.29 is 27.3 Å². The monoisotopic (exact) mass is 656 g/mol. The number of hydrogen-bond acceptors (Lipinski definition) is 8. The molecular weight excluding hydrogens is 632 g/mol. The molecule has 0 saturated heterocycles. The van der Waals surface area contributed by atoms with Gasteiger partial charge in [0.25, 0.3) is 5.91 Å². The van der Waals surface area contributed by atoms with Gasteiger partial charge < -0.3 is 30.8 Å². The molecule has 5 rings (SSSR count). The van der Waals surface area contributed by atoms with E-state index in [0.29, 0.717) is 26.9 Å². The summed E-state index contributed by atoms with van der Waals surface area (Å²) in [5.41, 5.74) is 6.95. The number of aromatic nitrogens is 3. The number of rotatable bonds is 9. The Morgan fingerprint density at radius 1 is 1.12 bits per heavy atom. The zero-order chi connectivity index (χ0) is 29.9. The van der Waals surface area contributed by atoms with Gasteiger partial charge in [0, 0.05) is 35.4 Å². The fourth-order valence-corrected chi connectivity index (χ4v) is 6.42. The molecule has 1 aliphatic heterocycles. The summed E-state index contributed by atoms with van der Waals surface area (Å²) >= 11 is 3.25. The highest BCUT2D eigenvalue weighted by Crippen LogP contribution is 2.27. The van der Waals surface area contributed by atoms with Crippen molar-refractivity contribution >= 4 is 66.2 Å². The molecule has 42 heavy (non-hydrogen) atoms. The summed E-state index contributed by atoms with van der Waals surface area (Å²) in [6, 6.07) is 9.73. The Balaban J connectivity index is 1.36. The number of carbonyl (C=O) groups excluding carboxylic acids is 3. The Morgan fingerprint density at radius 3 is 2.69 bits per heavy atom. The molecule has 0 saturated carbocycles. The smallest absolute Gasteiger partial charge is 0.319 e. The van der Waals surface area contributed by atoms with E-state index in [-0.39, 0.29) is 30.9 Å². The van der Waals surface area contributed by atoms with Crippen LogP contribution in [0.15, 0.2) is 76.2 Å². The van der Waals surface area contributed by atoms with Crippen LogP contribution < -0.4 is 21.7 Å². The maximum atomic E-state index is 13.7. The largest absolute Gasteiger partial charge is 0.366 e. The van der Waals surface area contributed by atoms with E-state index in [4.69, 9.17) is 10.3 Å². The summed E-state index contributed by atoms with van der Waals surface area (Å²) < 4.78 is 35.1. The molecule has 0 spiro atoms. The molecule has 4 heterocycles. The first kappa shape index (κ1) is 29.0. The summed E-state index contributed by atoms with van der Waals surface area (Å²) in [4.78, 5) is 41.9. The van der Waals surface area contributed by atoms with Crippen molar-refractivity contribution in [2.45, 2.75) is 24.9 Å². The fraction of sp³-hybridized carbons (Fsp3) is 0.192. The molecule has 4 aromatic rings. The lowest BCUT2D eigenvalue weighted by atomic mass is 10.1. The van der Waals surface area contributed by atoms with E-state index in [1.807, 2.05) is 0 Å². The molecule has 16 heteroatoms. The van der Waals surface area contributed by atoms with Crippen LogP contribution in [-0.4, -0.2) is 57.9 Å².